The zero-order chi connectivity index (χ0) is 26.1. The second-order valence-electron chi connectivity index (χ2n) is 7.96. The van der Waals surface area contributed by atoms with E-state index in [1.807, 2.05) is 19.1 Å². The number of hydrazone groups is 1. The van der Waals surface area contributed by atoms with Crippen molar-refractivity contribution in [2.75, 3.05) is 7.11 Å². The van der Waals surface area contributed by atoms with E-state index in [-0.39, 0.29) is 27.9 Å². The van der Waals surface area contributed by atoms with Gasteiger partial charge in [0.25, 0.3) is 5.91 Å². The molecule has 1 amide bonds. The molecule has 37 heavy (non-hydrogen) atoms. The molecule has 0 fully saturated rings. The first-order valence-corrected chi connectivity index (χ1v) is 12.1. The molecular weight excluding hydrogens is 514 g/mol. The predicted molar refractivity (Wildman–Crippen MR) is 142 cm³/mol. The fourth-order valence-electron chi connectivity index (χ4n) is 3.61. The Bertz CT molecular complexity index is 1550. The Morgan fingerprint density at radius 1 is 1.19 bits per heavy atom. The highest BCUT2D eigenvalue weighted by Crippen LogP contribution is 2.38. The molecule has 0 saturated carbocycles. The predicted octanol–water partition coefficient (Wildman–Crippen LogP) is 4.94. The maximum absolute atomic E-state index is 12.8. The molecule has 2 aliphatic rings. The van der Waals surface area contributed by atoms with Gasteiger partial charge in [0.05, 0.1) is 23.3 Å². The van der Waals surface area contributed by atoms with E-state index in [2.05, 4.69) is 15.1 Å². The van der Waals surface area contributed by atoms with E-state index in [1.165, 1.54) is 36.0 Å². The van der Waals surface area contributed by atoms with Crippen molar-refractivity contribution >= 4 is 57.4 Å². The number of hydrogen-bond donors (Lipinski definition) is 1. The number of methoxy groups -OCH3 is 1. The molecule has 2 aromatic carbocycles. The lowest BCUT2D eigenvalue weighted by atomic mass is 10.1. The minimum absolute atomic E-state index is 0.0168. The summed E-state index contributed by atoms with van der Waals surface area (Å²) in [6.07, 6.45) is 4.76. The summed E-state index contributed by atoms with van der Waals surface area (Å²) in [5, 5.41) is 15.3. The van der Waals surface area contributed by atoms with Crippen LogP contribution in [0, 0.1) is 12.3 Å². The zero-order valence-electron chi connectivity index (χ0n) is 19.6. The number of aromatic nitrogens is 1. The van der Waals surface area contributed by atoms with Gasteiger partial charge in [-0.15, -0.1) is 0 Å². The molecule has 0 atom stereocenters. The van der Waals surface area contributed by atoms with Gasteiger partial charge >= 0.3 is 5.97 Å². The number of aryl methyl sites for hydroxylation is 1. The summed E-state index contributed by atoms with van der Waals surface area (Å²) in [6, 6.07) is 13.7. The lowest BCUT2D eigenvalue weighted by molar-refractivity contribution is -0.114. The number of esters is 1. The van der Waals surface area contributed by atoms with Gasteiger partial charge in [-0.05, 0) is 66.7 Å². The molecule has 3 aromatic rings. The Morgan fingerprint density at radius 3 is 2.76 bits per heavy atom. The Kier molecular flexibility index (Phi) is 6.60. The molecular formula is C26H18ClN5O4S. The summed E-state index contributed by atoms with van der Waals surface area (Å²) >= 11 is 7.63. The molecule has 11 heteroatoms. The molecule has 1 aromatic heterocycles. The maximum Gasteiger partial charge on any atom is 0.343 e. The molecule has 0 bridgehead atoms. The molecule has 0 aliphatic carbocycles. The maximum atomic E-state index is 12.8. The third kappa shape index (κ3) is 4.89. The number of carbonyl (C=O) groups excluding carboxylic acids is 2. The smallest absolute Gasteiger partial charge is 0.343 e. The number of hydrogen-bond acceptors (Lipinski definition) is 8. The Balaban J connectivity index is 1.44. The SMILES string of the molecule is COc1cc(/C=C2/C(=N)N3N=C(c4cccnc4)SC3=NC2=O)cc(Cl)c1OC(=O)c1cccc(C)c1. The van der Waals surface area contributed by atoms with Crippen LogP contribution in [0.3, 0.4) is 0 Å². The third-order valence-corrected chi connectivity index (χ3v) is 6.61. The monoisotopic (exact) mass is 531 g/mol. The van der Waals surface area contributed by atoms with Crippen LogP contribution in [0.25, 0.3) is 6.08 Å². The van der Waals surface area contributed by atoms with Gasteiger partial charge in [-0.2, -0.15) is 15.1 Å². The van der Waals surface area contributed by atoms with E-state index in [1.54, 1.807) is 42.7 Å². The molecule has 0 unspecified atom stereocenters. The molecule has 0 saturated heterocycles. The second kappa shape index (κ2) is 10.00. The summed E-state index contributed by atoms with van der Waals surface area (Å²) in [7, 11) is 1.41. The van der Waals surface area contributed by atoms with Crippen LogP contribution in [-0.4, -0.2) is 45.0 Å². The van der Waals surface area contributed by atoms with Crippen LogP contribution in [-0.2, 0) is 4.79 Å². The fourth-order valence-corrected chi connectivity index (χ4v) is 4.75. The van der Waals surface area contributed by atoms with Gasteiger partial charge in [-0.25, -0.2) is 4.79 Å². The lowest BCUT2D eigenvalue weighted by Crippen LogP contribution is -2.35. The van der Waals surface area contributed by atoms with Crippen molar-refractivity contribution in [3.8, 4) is 11.5 Å². The van der Waals surface area contributed by atoms with Crippen LogP contribution < -0.4 is 9.47 Å². The van der Waals surface area contributed by atoms with Crippen molar-refractivity contribution in [3.63, 3.8) is 0 Å². The van der Waals surface area contributed by atoms with Crippen LogP contribution >= 0.6 is 23.4 Å². The highest BCUT2D eigenvalue weighted by molar-refractivity contribution is 8.27. The molecule has 0 spiro atoms. The van der Waals surface area contributed by atoms with Crippen LogP contribution in [0.15, 0.2) is 76.6 Å². The van der Waals surface area contributed by atoms with Gasteiger partial charge in [0.1, 0.15) is 5.04 Å². The third-order valence-electron chi connectivity index (χ3n) is 5.37. The molecule has 9 nitrogen and oxygen atoms in total. The van der Waals surface area contributed by atoms with E-state index in [0.29, 0.717) is 21.3 Å². The van der Waals surface area contributed by atoms with Crippen molar-refractivity contribution in [2.45, 2.75) is 6.92 Å². The number of aliphatic imine (C=N–C) groups is 1. The number of amides is 1. The van der Waals surface area contributed by atoms with E-state index in [9.17, 15) is 9.59 Å². The van der Waals surface area contributed by atoms with E-state index < -0.39 is 11.9 Å². The Hall–Kier alpha value is -4.28. The first-order valence-electron chi connectivity index (χ1n) is 10.9. The van der Waals surface area contributed by atoms with Crippen LogP contribution in [0.2, 0.25) is 5.02 Å². The van der Waals surface area contributed by atoms with Crippen LogP contribution in [0.1, 0.15) is 27.0 Å². The number of carbonyl (C=O) groups is 2. The lowest BCUT2D eigenvalue weighted by Gasteiger charge is -2.20. The first-order chi connectivity index (χ1) is 17.8. The summed E-state index contributed by atoms with van der Waals surface area (Å²) < 4.78 is 10.9. The van der Waals surface area contributed by atoms with Gasteiger partial charge in [0.2, 0.25) is 5.17 Å². The highest BCUT2D eigenvalue weighted by atomic mass is 35.5. The minimum Gasteiger partial charge on any atom is -0.493 e. The van der Waals surface area contributed by atoms with Gasteiger partial charge < -0.3 is 9.47 Å². The average molecular weight is 532 g/mol. The van der Waals surface area contributed by atoms with E-state index >= 15 is 0 Å². The standard InChI is InChI=1S/C26H18ClN5O4S/c1-14-5-3-6-16(9-14)25(34)36-21-19(27)11-15(12-20(21)35-2)10-18-22(28)32-26(30-23(18)33)37-24(31-32)17-7-4-8-29-13-17/h3-13,28H,1-2H3/b18-10-,28-22?. The number of nitrogens with one attached hydrogen (secondary N) is 1. The number of thioether (sulfide) groups is 1. The van der Waals surface area contributed by atoms with Gasteiger partial charge in [0, 0.05) is 18.0 Å². The molecule has 0 radical (unpaired) electrons. The van der Waals surface area contributed by atoms with Gasteiger partial charge in [-0.1, -0.05) is 29.3 Å². The van der Waals surface area contributed by atoms with Crippen LogP contribution in [0.4, 0.5) is 0 Å². The number of rotatable bonds is 5. The Morgan fingerprint density at radius 2 is 2.03 bits per heavy atom. The Labute approximate surface area is 221 Å². The number of pyridine rings is 1. The highest BCUT2D eigenvalue weighted by Gasteiger charge is 2.36. The second-order valence-corrected chi connectivity index (χ2v) is 9.32. The molecule has 2 aliphatic heterocycles. The summed E-state index contributed by atoms with van der Waals surface area (Å²) in [5.74, 6) is -1.07. The minimum atomic E-state index is -0.588. The summed E-state index contributed by atoms with van der Waals surface area (Å²) in [6.45, 7) is 1.87. The molecule has 1 N–H and O–H groups in total. The number of benzene rings is 2. The van der Waals surface area contributed by atoms with Crippen LogP contribution in [0.5, 0.6) is 11.5 Å². The number of amidine groups is 2. The number of nitrogens with zero attached hydrogens (tertiary/aromatic N) is 4. The van der Waals surface area contributed by atoms with E-state index in [0.717, 1.165) is 11.1 Å². The number of fused-ring (bicyclic) bond motifs is 1. The van der Waals surface area contributed by atoms with Crippen molar-refractivity contribution in [3.05, 3.63) is 93.8 Å². The van der Waals surface area contributed by atoms with Crippen molar-refractivity contribution in [1.82, 2.24) is 9.99 Å². The van der Waals surface area contributed by atoms with Crippen molar-refractivity contribution in [1.29, 1.82) is 5.41 Å². The normalized spacial score (nSPS) is 15.9. The first kappa shape index (κ1) is 24.4. The zero-order valence-corrected chi connectivity index (χ0v) is 21.1. The van der Waals surface area contributed by atoms with Crippen molar-refractivity contribution < 1.29 is 19.1 Å². The molecule has 184 valence electrons. The number of halogens is 1. The average Bonchev–Trinajstić information content (AvgIpc) is 3.32. The van der Waals surface area contributed by atoms with Gasteiger partial charge in [-0.3, -0.25) is 15.2 Å². The quantitative estimate of drug-likeness (QED) is 0.281. The largest absolute Gasteiger partial charge is 0.493 e. The fraction of sp³-hybridized carbons (Fsp3) is 0.0769. The van der Waals surface area contributed by atoms with E-state index in [4.69, 9.17) is 26.5 Å². The summed E-state index contributed by atoms with van der Waals surface area (Å²) in [4.78, 5) is 33.6. The topological polar surface area (TPSA) is 117 Å². The number of ether oxygens (including phenoxy) is 2. The van der Waals surface area contributed by atoms with Gasteiger partial charge in [0.15, 0.2) is 17.3 Å². The molecule has 5 rings (SSSR count). The summed E-state index contributed by atoms with van der Waals surface area (Å²) in [5.41, 5.74) is 2.50. The molecule has 3 heterocycles. The van der Waals surface area contributed by atoms with Crippen molar-refractivity contribution in [2.24, 2.45) is 10.1 Å².